The molecule has 0 saturated heterocycles. The van der Waals surface area contributed by atoms with Crippen molar-refractivity contribution in [2.75, 3.05) is 5.32 Å². The van der Waals surface area contributed by atoms with Gasteiger partial charge in [0.1, 0.15) is 5.76 Å². The maximum atomic E-state index is 11.2. The molecule has 0 unspecified atom stereocenters. The number of carbonyl (C=O) groups is 2. The molecule has 2 N–H and O–H groups in total. The molecule has 1 rings (SSSR count). The van der Waals surface area contributed by atoms with Gasteiger partial charge in [-0.2, -0.15) is 0 Å². The van der Waals surface area contributed by atoms with E-state index in [0.29, 0.717) is 5.76 Å². The maximum Gasteiger partial charge on any atom is 0.331 e. The Labute approximate surface area is 85.6 Å². The summed E-state index contributed by atoms with van der Waals surface area (Å²) in [6.45, 7) is 3.01. The maximum absolute atomic E-state index is 11.2. The van der Waals surface area contributed by atoms with Crippen molar-refractivity contribution >= 4 is 17.7 Å². The Kier molecular flexibility index (Phi) is 3.22. The van der Waals surface area contributed by atoms with Gasteiger partial charge < -0.3 is 14.9 Å². The molecule has 0 fully saturated rings. The molecule has 80 valence electrons. The van der Waals surface area contributed by atoms with Gasteiger partial charge in [-0.15, -0.1) is 0 Å². The molecule has 6 heteroatoms. The van der Waals surface area contributed by atoms with Crippen molar-refractivity contribution in [3.63, 3.8) is 0 Å². The fourth-order valence-electron chi connectivity index (χ4n) is 0.846. The number of carboxylic acids is 1. The van der Waals surface area contributed by atoms with Gasteiger partial charge in [-0.05, 0) is 13.8 Å². The van der Waals surface area contributed by atoms with Crippen LogP contribution in [-0.4, -0.2) is 22.1 Å². The van der Waals surface area contributed by atoms with Crippen LogP contribution in [0.1, 0.15) is 12.7 Å². The Morgan fingerprint density at radius 3 is 2.73 bits per heavy atom. The number of nitrogens with zero attached hydrogens (tertiary/aromatic N) is 1. The molecule has 15 heavy (non-hydrogen) atoms. The second-order valence-electron chi connectivity index (χ2n) is 2.94. The number of rotatable bonds is 3. The van der Waals surface area contributed by atoms with E-state index in [1.807, 2.05) is 0 Å². The fourth-order valence-corrected chi connectivity index (χ4v) is 0.846. The number of carboxylic acid groups (broad SMARTS) is 1. The molecule has 0 spiro atoms. The number of amides is 1. The molecular formula is C9H10N2O4. The lowest BCUT2D eigenvalue weighted by atomic mass is 10.3. The number of anilines is 1. The first-order valence-electron chi connectivity index (χ1n) is 4.15. The summed E-state index contributed by atoms with van der Waals surface area (Å²) < 4.78 is 4.72. The van der Waals surface area contributed by atoms with Crippen LogP contribution in [0.5, 0.6) is 0 Å². The predicted octanol–water partition coefficient (Wildman–Crippen LogP) is 0.952. The minimum Gasteiger partial charge on any atom is -0.478 e. The van der Waals surface area contributed by atoms with Crippen LogP contribution in [0.2, 0.25) is 0 Å². The van der Waals surface area contributed by atoms with Crippen LogP contribution in [0.4, 0.5) is 5.82 Å². The average molecular weight is 210 g/mol. The molecule has 1 aromatic heterocycles. The minimum atomic E-state index is -1.14. The zero-order valence-electron chi connectivity index (χ0n) is 8.27. The Morgan fingerprint density at radius 2 is 2.27 bits per heavy atom. The summed E-state index contributed by atoms with van der Waals surface area (Å²) in [5.74, 6) is -0.874. The van der Waals surface area contributed by atoms with Gasteiger partial charge in [0.15, 0.2) is 5.82 Å². The van der Waals surface area contributed by atoms with E-state index in [1.165, 1.54) is 13.0 Å². The van der Waals surface area contributed by atoms with Crippen LogP contribution in [0.25, 0.3) is 0 Å². The van der Waals surface area contributed by atoms with Crippen molar-refractivity contribution in [1.82, 2.24) is 5.16 Å². The van der Waals surface area contributed by atoms with E-state index in [-0.39, 0.29) is 11.4 Å². The molecule has 0 bridgehead atoms. The minimum absolute atomic E-state index is 0.0484. The second-order valence-corrected chi connectivity index (χ2v) is 2.94. The molecule has 0 aliphatic heterocycles. The first-order valence-corrected chi connectivity index (χ1v) is 4.15. The summed E-state index contributed by atoms with van der Waals surface area (Å²) in [5.41, 5.74) is -0.0484. The standard InChI is InChI=1S/C9H10N2O4/c1-5(9(13)14)3-8(12)10-7-4-6(2)15-11-7/h3-4H,1-2H3,(H,13,14)(H,10,11,12)/b5-3+. The highest BCUT2D eigenvalue weighted by molar-refractivity contribution is 6.03. The van der Waals surface area contributed by atoms with Gasteiger partial charge in [-0.3, -0.25) is 4.79 Å². The number of aliphatic carboxylic acids is 1. The molecule has 1 amide bonds. The highest BCUT2D eigenvalue weighted by Crippen LogP contribution is 2.07. The average Bonchev–Trinajstić information content (AvgIpc) is 2.50. The lowest BCUT2D eigenvalue weighted by molar-refractivity contribution is -0.132. The van der Waals surface area contributed by atoms with Gasteiger partial charge in [0, 0.05) is 17.7 Å². The number of aryl methyl sites for hydroxylation is 1. The third kappa shape index (κ3) is 3.26. The number of nitrogens with one attached hydrogen (secondary N) is 1. The third-order valence-electron chi connectivity index (χ3n) is 1.56. The predicted molar refractivity (Wildman–Crippen MR) is 51.3 cm³/mol. The van der Waals surface area contributed by atoms with Crippen LogP contribution in [0.3, 0.4) is 0 Å². The molecule has 6 nitrogen and oxygen atoms in total. The largest absolute Gasteiger partial charge is 0.478 e. The number of aromatic nitrogens is 1. The van der Waals surface area contributed by atoms with E-state index in [9.17, 15) is 9.59 Å². The first kappa shape index (κ1) is 11.0. The quantitative estimate of drug-likeness (QED) is 0.724. The number of carbonyl (C=O) groups excluding carboxylic acids is 1. The first-order chi connectivity index (χ1) is 6.99. The molecule has 0 saturated carbocycles. The van der Waals surface area contributed by atoms with Crippen molar-refractivity contribution in [2.24, 2.45) is 0 Å². The number of hydrogen-bond acceptors (Lipinski definition) is 4. The zero-order valence-corrected chi connectivity index (χ0v) is 8.27. The Morgan fingerprint density at radius 1 is 1.60 bits per heavy atom. The molecule has 1 heterocycles. The smallest absolute Gasteiger partial charge is 0.331 e. The Hall–Kier alpha value is -2.11. The lowest BCUT2D eigenvalue weighted by Gasteiger charge is -1.95. The molecule has 0 aliphatic rings. The highest BCUT2D eigenvalue weighted by Gasteiger charge is 2.06. The summed E-state index contributed by atoms with van der Waals surface area (Å²) in [4.78, 5) is 21.6. The van der Waals surface area contributed by atoms with Crippen molar-refractivity contribution < 1.29 is 19.2 Å². The van der Waals surface area contributed by atoms with Crippen LogP contribution in [-0.2, 0) is 9.59 Å². The van der Waals surface area contributed by atoms with Crippen molar-refractivity contribution in [3.8, 4) is 0 Å². The lowest BCUT2D eigenvalue weighted by Crippen LogP contribution is -2.10. The van der Waals surface area contributed by atoms with E-state index >= 15 is 0 Å². The molecule has 0 radical (unpaired) electrons. The molecule has 1 aromatic rings. The van der Waals surface area contributed by atoms with E-state index in [2.05, 4.69) is 10.5 Å². The Balaban J connectivity index is 2.64. The summed E-state index contributed by atoms with van der Waals surface area (Å²) in [6.07, 6.45) is 0.979. The molecule has 0 aromatic carbocycles. The van der Waals surface area contributed by atoms with E-state index in [0.717, 1.165) is 6.08 Å². The normalized spacial score (nSPS) is 11.2. The fraction of sp³-hybridized carbons (Fsp3) is 0.222. The number of hydrogen-bond donors (Lipinski definition) is 2. The summed E-state index contributed by atoms with van der Waals surface area (Å²) >= 11 is 0. The van der Waals surface area contributed by atoms with Crippen LogP contribution in [0, 0.1) is 6.92 Å². The van der Waals surface area contributed by atoms with Crippen molar-refractivity contribution in [3.05, 3.63) is 23.5 Å². The highest BCUT2D eigenvalue weighted by atomic mass is 16.5. The van der Waals surface area contributed by atoms with Gasteiger partial charge in [0.2, 0.25) is 5.91 Å². The summed E-state index contributed by atoms with van der Waals surface area (Å²) in [5, 5.41) is 14.4. The van der Waals surface area contributed by atoms with Crippen LogP contribution in [0.15, 0.2) is 22.2 Å². The SMILES string of the molecule is C/C(=C\C(=O)Nc1cc(C)on1)C(=O)O. The second kappa shape index (κ2) is 4.41. The van der Waals surface area contributed by atoms with Crippen molar-refractivity contribution in [2.45, 2.75) is 13.8 Å². The van der Waals surface area contributed by atoms with Gasteiger partial charge >= 0.3 is 5.97 Å². The summed E-state index contributed by atoms with van der Waals surface area (Å²) in [7, 11) is 0. The van der Waals surface area contributed by atoms with Gasteiger partial charge in [-0.25, -0.2) is 4.79 Å². The van der Waals surface area contributed by atoms with Gasteiger partial charge in [-0.1, -0.05) is 5.16 Å². The molecule has 0 aliphatic carbocycles. The molecule has 0 atom stereocenters. The zero-order chi connectivity index (χ0) is 11.4. The van der Waals surface area contributed by atoms with E-state index < -0.39 is 11.9 Å². The van der Waals surface area contributed by atoms with E-state index in [4.69, 9.17) is 9.63 Å². The van der Waals surface area contributed by atoms with Crippen LogP contribution < -0.4 is 5.32 Å². The Bertz CT molecular complexity index is 420. The van der Waals surface area contributed by atoms with Gasteiger partial charge in [0.25, 0.3) is 0 Å². The van der Waals surface area contributed by atoms with Crippen molar-refractivity contribution in [1.29, 1.82) is 0 Å². The van der Waals surface area contributed by atoms with E-state index in [1.54, 1.807) is 6.92 Å². The monoisotopic (exact) mass is 210 g/mol. The molecular weight excluding hydrogens is 200 g/mol. The van der Waals surface area contributed by atoms with Crippen LogP contribution >= 0.6 is 0 Å². The van der Waals surface area contributed by atoms with Gasteiger partial charge in [0.05, 0.1) is 0 Å². The topological polar surface area (TPSA) is 92.4 Å². The summed E-state index contributed by atoms with van der Waals surface area (Å²) in [6, 6.07) is 1.53. The third-order valence-corrected chi connectivity index (χ3v) is 1.56.